The predicted molar refractivity (Wildman–Crippen MR) is 123 cm³/mol. The van der Waals surface area contributed by atoms with Gasteiger partial charge in [0.1, 0.15) is 0 Å². The van der Waals surface area contributed by atoms with E-state index < -0.39 is 0 Å². The number of hydrogen-bond acceptors (Lipinski definition) is 5. The van der Waals surface area contributed by atoms with Crippen molar-refractivity contribution in [3.05, 3.63) is 56.0 Å². The minimum Gasteiger partial charge on any atom is -0.300 e. The Labute approximate surface area is 189 Å². The van der Waals surface area contributed by atoms with Crippen LogP contribution in [0.5, 0.6) is 0 Å². The van der Waals surface area contributed by atoms with Gasteiger partial charge in [-0.3, -0.25) is 30.1 Å². The molecular weight excluding hydrogens is 430 g/mol. The number of hydrazine groups is 1. The average Bonchev–Trinajstić information content (AvgIpc) is 3.33. The second-order valence-electron chi connectivity index (χ2n) is 8.03. The molecule has 1 unspecified atom stereocenters. The monoisotopic (exact) mass is 455 g/mol. The highest BCUT2D eigenvalue weighted by atomic mass is 32.1. The molecule has 3 N–H and O–H groups in total. The summed E-state index contributed by atoms with van der Waals surface area (Å²) >= 11 is 6.84. The van der Waals surface area contributed by atoms with Crippen molar-refractivity contribution in [3.8, 4) is 11.4 Å². The van der Waals surface area contributed by atoms with Crippen LogP contribution in [0.25, 0.3) is 11.4 Å². The van der Waals surface area contributed by atoms with Crippen LogP contribution in [-0.2, 0) is 24.2 Å². The SMILES string of the molecule is Cc1cccc(-c2n[nH]c(=S)n2CCC(=O)NNC(=O)c2cc3c(s2)CCC(C)C3)c1. The number of benzene rings is 1. The number of thiophene rings is 1. The fourth-order valence-electron chi connectivity index (χ4n) is 3.81. The first-order valence-corrected chi connectivity index (χ1v) is 11.6. The molecule has 1 aliphatic carbocycles. The van der Waals surface area contributed by atoms with E-state index in [0.29, 0.717) is 27.9 Å². The van der Waals surface area contributed by atoms with Crippen LogP contribution < -0.4 is 10.9 Å². The Morgan fingerprint density at radius 3 is 2.97 bits per heavy atom. The van der Waals surface area contributed by atoms with Crippen LogP contribution in [-0.4, -0.2) is 26.6 Å². The van der Waals surface area contributed by atoms with Crippen molar-refractivity contribution in [2.24, 2.45) is 5.92 Å². The number of aromatic amines is 1. The van der Waals surface area contributed by atoms with Crippen molar-refractivity contribution in [1.82, 2.24) is 25.6 Å². The summed E-state index contributed by atoms with van der Waals surface area (Å²) in [5, 5.41) is 7.09. The highest BCUT2D eigenvalue weighted by molar-refractivity contribution is 7.71. The first kappa shape index (κ1) is 21.5. The van der Waals surface area contributed by atoms with Gasteiger partial charge in [-0.15, -0.1) is 11.3 Å². The molecule has 1 aliphatic rings. The Kier molecular flexibility index (Phi) is 6.33. The van der Waals surface area contributed by atoms with Gasteiger partial charge in [0, 0.05) is 23.4 Å². The molecule has 0 saturated carbocycles. The van der Waals surface area contributed by atoms with Crippen molar-refractivity contribution in [1.29, 1.82) is 0 Å². The van der Waals surface area contributed by atoms with Gasteiger partial charge in [0.05, 0.1) is 4.88 Å². The Hall–Kier alpha value is -2.78. The highest BCUT2D eigenvalue weighted by Gasteiger charge is 2.21. The van der Waals surface area contributed by atoms with E-state index in [4.69, 9.17) is 12.2 Å². The van der Waals surface area contributed by atoms with Gasteiger partial charge < -0.3 is 0 Å². The van der Waals surface area contributed by atoms with Crippen LogP contribution in [0, 0.1) is 17.6 Å². The van der Waals surface area contributed by atoms with Gasteiger partial charge >= 0.3 is 0 Å². The number of rotatable bonds is 5. The maximum Gasteiger partial charge on any atom is 0.279 e. The number of aryl methyl sites for hydroxylation is 2. The minimum absolute atomic E-state index is 0.158. The van der Waals surface area contributed by atoms with E-state index in [2.05, 4.69) is 28.0 Å². The highest BCUT2D eigenvalue weighted by Crippen LogP contribution is 2.32. The summed E-state index contributed by atoms with van der Waals surface area (Å²) in [6, 6.07) is 9.89. The molecule has 0 spiro atoms. The number of amides is 2. The number of H-pyrrole nitrogens is 1. The third kappa shape index (κ3) is 4.94. The van der Waals surface area contributed by atoms with Crippen LogP contribution in [0.4, 0.5) is 0 Å². The van der Waals surface area contributed by atoms with E-state index in [1.54, 1.807) is 4.57 Å². The third-order valence-corrected chi connectivity index (χ3v) is 7.01. The molecule has 162 valence electrons. The molecule has 31 heavy (non-hydrogen) atoms. The van der Waals surface area contributed by atoms with E-state index >= 15 is 0 Å². The second kappa shape index (κ2) is 9.15. The molecular formula is C22H25N5O2S2. The first-order chi connectivity index (χ1) is 14.9. The topological polar surface area (TPSA) is 91.8 Å². The van der Waals surface area contributed by atoms with Crippen molar-refractivity contribution >= 4 is 35.4 Å². The Balaban J connectivity index is 1.34. The van der Waals surface area contributed by atoms with Crippen molar-refractivity contribution in [2.45, 2.75) is 46.1 Å². The van der Waals surface area contributed by atoms with Gasteiger partial charge in [0.15, 0.2) is 10.6 Å². The molecule has 2 heterocycles. The lowest BCUT2D eigenvalue weighted by molar-refractivity contribution is -0.122. The van der Waals surface area contributed by atoms with Gasteiger partial charge in [-0.05, 0) is 62.0 Å². The largest absolute Gasteiger partial charge is 0.300 e. The molecule has 1 atom stereocenters. The number of hydrogen-bond donors (Lipinski definition) is 3. The molecule has 0 aliphatic heterocycles. The number of carbonyl (C=O) groups excluding carboxylic acids is 2. The Bertz CT molecular complexity index is 1180. The lowest BCUT2D eigenvalue weighted by atomic mass is 9.90. The van der Waals surface area contributed by atoms with Gasteiger partial charge in [-0.25, -0.2) is 0 Å². The summed E-state index contributed by atoms with van der Waals surface area (Å²) in [5.41, 5.74) is 8.35. The lowest BCUT2D eigenvalue weighted by Gasteiger charge is -2.16. The van der Waals surface area contributed by atoms with Crippen molar-refractivity contribution in [3.63, 3.8) is 0 Å². The van der Waals surface area contributed by atoms with E-state index in [9.17, 15) is 9.59 Å². The second-order valence-corrected chi connectivity index (χ2v) is 9.56. The maximum atomic E-state index is 12.5. The molecule has 4 rings (SSSR count). The van der Waals surface area contributed by atoms with Gasteiger partial charge in [0.2, 0.25) is 5.91 Å². The zero-order chi connectivity index (χ0) is 22.0. The van der Waals surface area contributed by atoms with Crippen LogP contribution in [0.2, 0.25) is 0 Å². The van der Waals surface area contributed by atoms with Crippen LogP contribution in [0.3, 0.4) is 0 Å². The fourth-order valence-corrected chi connectivity index (χ4v) is 5.14. The van der Waals surface area contributed by atoms with Crippen LogP contribution >= 0.6 is 23.6 Å². The molecule has 1 aromatic carbocycles. The maximum absolute atomic E-state index is 12.5. The summed E-state index contributed by atoms with van der Waals surface area (Å²) in [4.78, 5) is 26.7. The predicted octanol–water partition coefficient (Wildman–Crippen LogP) is 3.95. The van der Waals surface area contributed by atoms with Crippen LogP contribution in [0.15, 0.2) is 30.3 Å². The summed E-state index contributed by atoms with van der Waals surface area (Å²) in [6.45, 7) is 4.60. The van der Waals surface area contributed by atoms with Gasteiger partial charge in [0.25, 0.3) is 5.91 Å². The number of fused-ring (bicyclic) bond motifs is 1. The molecule has 2 amide bonds. The number of aromatic nitrogens is 3. The molecule has 3 aromatic rings. The van der Waals surface area contributed by atoms with Gasteiger partial charge in [-0.1, -0.05) is 30.7 Å². The molecule has 0 bridgehead atoms. The standard InChI is InChI=1S/C22H25N5O2S2/c1-13-4-3-5-15(10-13)20-24-26-22(30)27(20)9-8-19(28)23-25-21(29)18-12-16-11-14(2)6-7-17(16)31-18/h3-5,10,12,14H,6-9,11H2,1-2H3,(H,23,28)(H,25,29)(H,26,30). The zero-order valence-corrected chi connectivity index (χ0v) is 19.2. The van der Waals surface area contributed by atoms with Crippen molar-refractivity contribution < 1.29 is 9.59 Å². The normalized spacial score (nSPS) is 15.4. The zero-order valence-electron chi connectivity index (χ0n) is 17.5. The quantitative estimate of drug-likeness (QED) is 0.401. The molecule has 0 saturated heterocycles. The van der Waals surface area contributed by atoms with Crippen molar-refractivity contribution in [2.75, 3.05) is 0 Å². The summed E-state index contributed by atoms with van der Waals surface area (Å²) < 4.78 is 2.24. The smallest absolute Gasteiger partial charge is 0.279 e. The van der Waals surface area contributed by atoms with Gasteiger partial charge in [-0.2, -0.15) is 5.10 Å². The fraction of sp³-hybridized carbons (Fsp3) is 0.364. The number of nitrogens with zero attached hydrogens (tertiary/aromatic N) is 2. The summed E-state index contributed by atoms with van der Waals surface area (Å²) in [6.07, 6.45) is 3.35. The Morgan fingerprint density at radius 1 is 1.32 bits per heavy atom. The molecule has 0 fully saturated rings. The van der Waals surface area contributed by atoms with E-state index in [1.807, 2.05) is 37.3 Å². The number of nitrogens with one attached hydrogen (secondary N) is 3. The van der Waals surface area contributed by atoms with E-state index in [1.165, 1.54) is 21.8 Å². The number of carbonyl (C=O) groups is 2. The Morgan fingerprint density at radius 2 is 2.16 bits per heavy atom. The minimum atomic E-state index is -0.290. The molecule has 9 heteroatoms. The molecule has 7 nitrogen and oxygen atoms in total. The van der Waals surface area contributed by atoms with Crippen LogP contribution in [0.1, 0.15) is 45.4 Å². The van der Waals surface area contributed by atoms with E-state index in [-0.39, 0.29) is 18.2 Å². The average molecular weight is 456 g/mol. The molecule has 2 aromatic heterocycles. The lowest BCUT2D eigenvalue weighted by Crippen LogP contribution is -2.41. The summed E-state index contributed by atoms with van der Waals surface area (Å²) in [5.74, 6) is 0.767. The van der Waals surface area contributed by atoms with E-state index in [0.717, 1.165) is 30.4 Å². The summed E-state index contributed by atoms with van der Waals surface area (Å²) in [7, 11) is 0. The first-order valence-electron chi connectivity index (χ1n) is 10.3. The molecule has 0 radical (unpaired) electrons. The third-order valence-electron chi connectivity index (χ3n) is 5.47.